The number of furan rings is 1. The zero-order chi connectivity index (χ0) is 12.5. The third-order valence-corrected chi connectivity index (χ3v) is 3.18. The lowest BCUT2D eigenvalue weighted by atomic mass is 10.4. The number of methoxy groups -OCH3 is 1. The maximum absolute atomic E-state index is 11.1. The van der Waals surface area contributed by atoms with Crippen LogP contribution in [0.1, 0.15) is 29.7 Å². The average molecular weight is 257 g/mol. The molecule has 96 valence electrons. The van der Waals surface area contributed by atoms with E-state index in [2.05, 4.69) is 17.0 Å². The van der Waals surface area contributed by atoms with E-state index in [0.29, 0.717) is 6.54 Å². The van der Waals surface area contributed by atoms with Crippen LogP contribution >= 0.6 is 11.8 Å². The third kappa shape index (κ3) is 5.28. The lowest BCUT2D eigenvalue weighted by Gasteiger charge is -2.01. The first-order valence-corrected chi connectivity index (χ1v) is 6.89. The molecule has 17 heavy (non-hydrogen) atoms. The van der Waals surface area contributed by atoms with Gasteiger partial charge < -0.3 is 14.5 Å². The Morgan fingerprint density at radius 3 is 3.06 bits per heavy atom. The number of hydrogen-bond acceptors (Lipinski definition) is 5. The van der Waals surface area contributed by atoms with E-state index in [1.165, 1.54) is 18.6 Å². The Kier molecular flexibility index (Phi) is 6.81. The summed E-state index contributed by atoms with van der Waals surface area (Å²) in [5.74, 6) is 2.92. The van der Waals surface area contributed by atoms with E-state index in [9.17, 15) is 4.79 Å². The molecule has 5 heteroatoms. The standard InChI is InChI=1S/C12H19NO3S/c1-3-17-8-4-7-13-9-10-5-6-11(16-10)12(14)15-2/h5-6,13H,3-4,7-9H2,1-2H3. The summed E-state index contributed by atoms with van der Waals surface area (Å²) in [6.07, 6.45) is 1.14. The fourth-order valence-electron chi connectivity index (χ4n) is 1.34. The van der Waals surface area contributed by atoms with Gasteiger partial charge in [-0.05, 0) is 36.6 Å². The Labute approximate surface area is 106 Å². The highest BCUT2D eigenvalue weighted by atomic mass is 32.2. The minimum atomic E-state index is -0.435. The normalized spacial score (nSPS) is 10.5. The van der Waals surface area contributed by atoms with E-state index in [1.807, 2.05) is 11.8 Å². The molecule has 0 amide bonds. The molecule has 1 N–H and O–H groups in total. The summed E-state index contributed by atoms with van der Waals surface area (Å²) in [5, 5.41) is 3.27. The van der Waals surface area contributed by atoms with Crippen molar-refractivity contribution in [3.63, 3.8) is 0 Å². The highest BCUT2D eigenvalue weighted by Gasteiger charge is 2.10. The van der Waals surface area contributed by atoms with Crippen molar-refractivity contribution in [2.75, 3.05) is 25.2 Å². The van der Waals surface area contributed by atoms with Crippen LogP contribution < -0.4 is 5.32 Å². The largest absolute Gasteiger partial charge is 0.463 e. The molecule has 0 fully saturated rings. The van der Waals surface area contributed by atoms with Gasteiger partial charge in [-0.1, -0.05) is 6.92 Å². The molecule has 0 aliphatic carbocycles. The Balaban J connectivity index is 2.19. The summed E-state index contributed by atoms with van der Waals surface area (Å²) >= 11 is 1.94. The number of carbonyl (C=O) groups is 1. The Morgan fingerprint density at radius 2 is 2.35 bits per heavy atom. The highest BCUT2D eigenvalue weighted by Crippen LogP contribution is 2.08. The molecule has 1 rings (SSSR count). The second-order valence-corrected chi connectivity index (χ2v) is 4.88. The Bertz CT molecular complexity index is 338. The molecule has 0 saturated heterocycles. The first-order chi connectivity index (χ1) is 8.27. The summed E-state index contributed by atoms with van der Waals surface area (Å²) in [5.41, 5.74) is 0. The van der Waals surface area contributed by atoms with Gasteiger partial charge in [0.2, 0.25) is 5.76 Å². The molecule has 0 saturated carbocycles. The number of esters is 1. The molecule has 0 unspecified atom stereocenters. The van der Waals surface area contributed by atoms with E-state index >= 15 is 0 Å². The van der Waals surface area contributed by atoms with E-state index in [0.717, 1.165) is 18.7 Å². The molecule has 0 radical (unpaired) electrons. The molecule has 1 aromatic heterocycles. The van der Waals surface area contributed by atoms with Crippen LogP contribution in [0.3, 0.4) is 0 Å². The van der Waals surface area contributed by atoms with Crippen LogP contribution in [0.2, 0.25) is 0 Å². The van der Waals surface area contributed by atoms with Crippen molar-refractivity contribution in [1.29, 1.82) is 0 Å². The number of thioether (sulfide) groups is 1. The zero-order valence-electron chi connectivity index (χ0n) is 10.3. The number of rotatable bonds is 8. The van der Waals surface area contributed by atoms with Crippen LogP contribution in [0.25, 0.3) is 0 Å². The van der Waals surface area contributed by atoms with Gasteiger partial charge in [0.25, 0.3) is 0 Å². The predicted octanol–water partition coefficient (Wildman–Crippen LogP) is 2.30. The monoisotopic (exact) mass is 257 g/mol. The Morgan fingerprint density at radius 1 is 1.53 bits per heavy atom. The SMILES string of the molecule is CCSCCCNCc1ccc(C(=O)OC)o1. The van der Waals surface area contributed by atoms with Crippen molar-refractivity contribution < 1.29 is 13.9 Å². The van der Waals surface area contributed by atoms with Crippen molar-refractivity contribution in [3.8, 4) is 0 Å². The van der Waals surface area contributed by atoms with Crippen LogP contribution in [0.5, 0.6) is 0 Å². The van der Waals surface area contributed by atoms with Crippen LogP contribution in [0, 0.1) is 0 Å². The number of nitrogens with one attached hydrogen (secondary N) is 1. The predicted molar refractivity (Wildman–Crippen MR) is 69.4 cm³/mol. The lowest BCUT2D eigenvalue weighted by Crippen LogP contribution is -2.14. The van der Waals surface area contributed by atoms with Crippen LogP contribution in [0.4, 0.5) is 0 Å². The molecular formula is C12H19NO3S. The summed E-state index contributed by atoms with van der Waals surface area (Å²) in [6, 6.07) is 3.43. The highest BCUT2D eigenvalue weighted by molar-refractivity contribution is 7.99. The number of ether oxygens (including phenoxy) is 1. The summed E-state index contributed by atoms with van der Waals surface area (Å²) < 4.78 is 9.89. The van der Waals surface area contributed by atoms with Gasteiger partial charge in [0.05, 0.1) is 13.7 Å². The smallest absolute Gasteiger partial charge is 0.373 e. The minimum Gasteiger partial charge on any atom is -0.463 e. The van der Waals surface area contributed by atoms with Gasteiger partial charge in [-0.25, -0.2) is 4.79 Å². The first-order valence-electron chi connectivity index (χ1n) is 5.73. The molecule has 0 bridgehead atoms. The molecule has 4 nitrogen and oxygen atoms in total. The Hall–Kier alpha value is -0.940. The van der Waals surface area contributed by atoms with Crippen molar-refractivity contribution in [2.45, 2.75) is 19.9 Å². The zero-order valence-corrected chi connectivity index (χ0v) is 11.1. The van der Waals surface area contributed by atoms with Crippen LogP contribution in [-0.2, 0) is 11.3 Å². The molecule has 1 heterocycles. The first kappa shape index (κ1) is 14.1. The second-order valence-electron chi connectivity index (χ2n) is 3.48. The van der Waals surface area contributed by atoms with Gasteiger partial charge in [-0.3, -0.25) is 0 Å². The molecular weight excluding hydrogens is 238 g/mol. The quantitative estimate of drug-likeness (QED) is 0.572. The third-order valence-electron chi connectivity index (χ3n) is 2.19. The van der Waals surface area contributed by atoms with E-state index < -0.39 is 5.97 Å². The van der Waals surface area contributed by atoms with E-state index in [4.69, 9.17) is 4.42 Å². The van der Waals surface area contributed by atoms with E-state index in [-0.39, 0.29) is 5.76 Å². The fourth-order valence-corrected chi connectivity index (χ4v) is 1.98. The average Bonchev–Trinajstić information content (AvgIpc) is 2.81. The van der Waals surface area contributed by atoms with Gasteiger partial charge in [-0.2, -0.15) is 11.8 Å². The molecule has 0 aliphatic heterocycles. The maximum atomic E-state index is 11.1. The topological polar surface area (TPSA) is 51.5 Å². The fraction of sp³-hybridized carbons (Fsp3) is 0.583. The molecule has 0 aliphatic rings. The molecule has 0 atom stereocenters. The van der Waals surface area contributed by atoms with E-state index in [1.54, 1.807) is 12.1 Å². The van der Waals surface area contributed by atoms with Gasteiger partial charge in [0, 0.05) is 0 Å². The lowest BCUT2D eigenvalue weighted by molar-refractivity contribution is 0.0563. The molecule has 0 spiro atoms. The molecule has 0 aromatic carbocycles. The summed E-state index contributed by atoms with van der Waals surface area (Å²) in [4.78, 5) is 11.1. The van der Waals surface area contributed by atoms with Crippen molar-refractivity contribution >= 4 is 17.7 Å². The summed E-state index contributed by atoms with van der Waals surface area (Å²) in [7, 11) is 1.34. The van der Waals surface area contributed by atoms with Gasteiger partial charge in [-0.15, -0.1) is 0 Å². The van der Waals surface area contributed by atoms with Crippen molar-refractivity contribution in [1.82, 2.24) is 5.32 Å². The van der Waals surface area contributed by atoms with Crippen molar-refractivity contribution in [2.24, 2.45) is 0 Å². The summed E-state index contributed by atoms with van der Waals surface area (Å²) in [6.45, 7) is 3.77. The van der Waals surface area contributed by atoms with Gasteiger partial charge in [0.1, 0.15) is 5.76 Å². The minimum absolute atomic E-state index is 0.255. The molecule has 1 aromatic rings. The second kappa shape index (κ2) is 8.20. The van der Waals surface area contributed by atoms with Crippen LogP contribution in [0.15, 0.2) is 16.5 Å². The number of hydrogen-bond donors (Lipinski definition) is 1. The van der Waals surface area contributed by atoms with Crippen molar-refractivity contribution in [3.05, 3.63) is 23.7 Å². The number of carbonyl (C=O) groups excluding carboxylic acids is 1. The van der Waals surface area contributed by atoms with Gasteiger partial charge >= 0.3 is 5.97 Å². The van der Waals surface area contributed by atoms with Gasteiger partial charge in [0.15, 0.2) is 0 Å². The van der Waals surface area contributed by atoms with Crippen LogP contribution in [-0.4, -0.2) is 31.1 Å². The maximum Gasteiger partial charge on any atom is 0.373 e.